The highest BCUT2D eigenvalue weighted by Gasteiger charge is 2.32. The van der Waals surface area contributed by atoms with E-state index in [4.69, 9.17) is 4.74 Å². The number of amides is 2. The summed E-state index contributed by atoms with van der Waals surface area (Å²) in [6.45, 7) is 12.2. The minimum absolute atomic E-state index is 0.149. The fraction of sp³-hybridized carbons (Fsp3) is 0.375. The van der Waals surface area contributed by atoms with Crippen LogP contribution in [0.15, 0.2) is 78.9 Å². The predicted octanol–water partition coefficient (Wildman–Crippen LogP) is 6.05. The normalized spacial score (nSPS) is 12.2. The van der Waals surface area contributed by atoms with Crippen molar-refractivity contribution < 1.29 is 14.3 Å². The molecule has 3 aromatic carbocycles. The van der Waals surface area contributed by atoms with Gasteiger partial charge in [-0.1, -0.05) is 92.2 Å². The molecule has 0 heterocycles. The van der Waals surface area contributed by atoms with E-state index in [1.54, 1.807) is 4.90 Å². The van der Waals surface area contributed by atoms with Crippen molar-refractivity contribution in [1.29, 1.82) is 0 Å². The van der Waals surface area contributed by atoms with Gasteiger partial charge in [0.1, 0.15) is 11.8 Å². The molecule has 0 saturated carbocycles. The number of hydrogen-bond donors (Lipinski definition) is 1. The largest absolute Gasteiger partial charge is 0.483 e. The Morgan fingerprint density at radius 3 is 2.11 bits per heavy atom. The van der Waals surface area contributed by atoms with E-state index in [1.807, 2.05) is 107 Å². The lowest BCUT2D eigenvalue weighted by Gasteiger charge is -2.34. The first-order valence-electron chi connectivity index (χ1n) is 13.0. The third-order valence-electron chi connectivity index (χ3n) is 6.13. The highest BCUT2D eigenvalue weighted by Crippen LogP contribution is 2.26. The number of carbonyl (C=O) groups excluding carboxylic acids is 2. The molecule has 1 N–H and O–H groups in total. The second kappa shape index (κ2) is 12.6. The summed E-state index contributed by atoms with van der Waals surface area (Å²) in [7, 11) is 0. The molecular weight excluding hydrogens is 460 g/mol. The van der Waals surface area contributed by atoms with Gasteiger partial charge in [-0.3, -0.25) is 9.59 Å². The number of benzene rings is 3. The van der Waals surface area contributed by atoms with E-state index in [0.717, 1.165) is 22.3 Å². The Kier molecular flexibility index (Phi) is 9.51. The Labute approximate surface area is 221 Å². The van der Waals surface area contributed by atoms with Crippen LogP contribution in [0.25, 0.3) is 0 Å². The van der Waals surface area contributed by atoms with Gasteiger partial charge in [0.15, 0.2) is 6.61 Å². The molecule has 3 aromatic rings. The van der Waals surface area contributed by atoms with Gasteiger partial charge in [-0.2, -0.15) is 0 Å². The van der Waals surface area contributed by atoms with Crippen LogP contribution < -0.4 is 10.1 Å². The Balaban J connectivity index is 1.94. The topological polar surface area (TPSA) is 58.6 Å². The second-order valence-corrected chi connectivity index (χ2v) is 10.9. The van der Waals surface area contributed by atoms with Crippen LogP contribution in [0.4, 0.5) is 0 Å². The lowest BCUT2D eigenvalue weighted by Crippen LogP contribution is -2.55. The van der Waals surface area contributed by atoms with Gasteiger partial charge in [-0.25, -0.2) is 0 Å². The van der Waals surface area contributed by atoms with E-state index in [9.17, 15) is 9.59 Å². The predicted molar refractivity (Wildman–Crippen MR) is 150 cm³/mol. The quantitative estimate of drug-likeness (QED) is 0.369. The van der Waals surface area contributed by atoms with Gasteiger partial charge in [0.25, 0.3) is 5.91 Å². The van der Waals surface area contributed by atoms with Crippen molar-refractivity contribution in [2.75, 3.05) is 6.61 Å². The number of nitrogens with one attached hydrogen (secondary N) is 1. The molecule has 0 bridgehead atoms. The average molecular weight is 501 g/mol. The SMILES string of the molecule is Cc1ccc(CN(C(=O)COc2ccccc2C(C)C)[C@H](Cc2ccccc2)C(=O)NC(C)(C)C)cc1. The minimum atomic E-state index is -0.695. The fourth-order valence-corrected chi connectivity index (χ4v) is 4.21. The van der Waals surface area contributed by atoms with Crippen molar-refractivity contribution in [2.45, 2.75) is 72.0 Å². The Hall–Kier alpha value is -3.60. The second-order valence-electron chi connectivity index (χ2n) is 10.9. The fourth-order valence-electron chi connectivity index (χ4n) is 4.21. The number of ether oxygens (including phenoxy) is 1. The molecule has 0 radical (unpaired) electrons. The molecule has 0 aliphatic heterocycles. The van der Waals surface area contributed by atoms with Crippen molar-refractivity contribution in [3.63, 3.8) is 0 Å². The summed E-state index contributed by atoms with van der Waals surface area (Å²) in [5, 5.41) is 3.09. The summed E-state index contributed by atoms with van der Waals surface area (Å²) >= 11 is 0. The molecule has 5 heteroatoms. The molecule has 0 saturated heterocycles. The Morgan fingerprint density at radius 2 is 1.49 bits per heavy atom. The maximum absolute atomic E-state index is 13.8. The van der Waals surface area contributed by atoms with Crippen molar-refractivity contribution in [1.82, 2.24) is 10.2 Å². The smallest absolute Gasteiger partial charge is 0.261 e. The molecule has 0 fully saturated rings. The zero-order valence-corrected chi connectivity index (χ0v) is 23.0. The molecule has 196 valence electrons. The van der Waals surface area contributed by atoms with Crippen LogP contribution in [0.5, 0.6) is 5.75 Å². The summed E-state index contributed by atoms with van der Waals surface area (Å²) in [5.41, 5.74) is 3.71. The van der Waals surface area contributed by atoms with E-state index in [1.165, 1.54) is 0 Å². The molecule has 0 unspecified atom stereocenters. The van der Waals surface area contributed by atoms with Crippen LogP contribution >= 0.6 is 0 Å². The number of aryl methyl sites for hydroxylation is 1. The standard InChI is InChI=1S/C32H40N2O3/c1-23(2)27-14-10-11-15-29(27)37-22-30(35)34(21-26-18-16-24(3)17-19-26)28(31(36)33-32(4,5)6)20-25-12-8-7-9-13-25/h7-19,23,28H,20-22H2,1-6H3,(H,33,36)/t28-/m1/s1. The maximum atomic E-state index is 13.8. The monoisotopic (exact) mass is 500 g/mol. The Bertz CT molecular complexity index is 1160. The van der Waals surface area contributed by atoms with Gasteiger partial charge in [-0.05, 0) is 56.4 Å². The number of para-hydroxylation sites is 1. The van der Waals surface area contributed by atoms with Gasteiger partial charge in [0.05, 0.1) is 0 Å². The third kappa shape index (κ3) is 8.49. The molecule has 5 nitrogen and oxygen atoms in total. The van der Waals surface area contributed by atoms with Gasteiger partial charge in [-0.15, -0.1) is 0 Å². The van der Waals surface area contributed by atoms with Crippen molar-refractivity contribution in [2.24, 2.45) is 0 Å². The molecule has 37 heavy (non-hydrogen) atoms. The van der Waals surface area contributed by atoms with Gasteiger partial charge >= 0.3 is 0 Å². The summed E-state index contributed by atoms with van der Waals surface area (Å²) in [4.78, 5) is 29.1. The summed E-state index contributed by atoms with van der Waals surface area (Å²) in [5.74, 6) is 0.543. The van der Waals surface area contributed by atoms with Gasteiger partial charge in [0.2, 0.25) is 5.91 Å². The van der Waals surface area contributed by atoms with Gasteiger partial charge < -0.3 is 15.0 Å². The summed E-state index contributed by atoms with van der Waals surface area (Å²) in [6.07, 6.45) is 0.406. The number of carbonyl (C=O) groups is 2. The molecule has 0 aromatic heterocycles. The molecule has 1 atom stereocenters. The van der Waals surface area contributed by atoms with Crippen LogP contribution in [0, 0.1) is 6.92 Å². The third-order valence-corrected chi connectivity index (χ3v) is 6.13. The average Bonchev–Trinajstić information content (AvgIpc) is 2.85. The number of rotatable bonds is 10. The zero-order chi connectivity index (χ0) is 27.0. The first-order chi connectivity index (χ1) is 17.5. The molecule has 2 amide bonds. The number of nitrogens with zero attached hydrogens (tertiary/aromatic N) is 1. The van der Waals surface area contributed by atoms with Crippen LogP contribution in [0.1, 0.15) is 62.8 Å². The lowest BCUT2D eigenvalue weighted by atomic mass is 10.0. The van der Waals surface area contributed by atoms with E-state index >= 15 is 0 Å². The number of hydrogen-bond acceptors (Lipinski definition) is 3. The van der Waals surface area contributed by atoms with E-state index in [0.29, 0.717) is 18.7 Å². The van der Waals surface area contributed by atoms with Crippen LogP contribution in [0.2, 0.25) is 0 Å². The van der Waals surface area contributed by atoms with Crippen molar-refractivity contribution >= 4 is 11.8 Å². The van der Waals surface area contributed by atoms with Crippen molar-refractivity contribution in [3.05, 3.63) is 101 Å². The summed E-state index contributed by atoms with van der Waals surface area (Å²) < 4.78 is 6.06. The molecular formula is C32H40N2O3. The summed E-state index contributed by atoms with van der Waals surface area (Å²) in [6, 6.07) is 25.0. The van der Waals surface area contributed by atoms with E-state index in [2.05, 4.69) is 19.2 Å². The first kappa shape index (κ1) is 28.0. The van der Waals surface area contributed by atoms with Crippen LogP contribution in [-0.4, -0.2) is 34.9 Å². The minimum Gasteiger partial charge on any atom is -0.483 e. The Morgan fingerprint density at radius 1 is 0.865 bits per heavy atom. The molecule has 0 aliphatic rings. The zero-order valence-electron chi connectivity index (χ0n) is 23.0. The first-order valence-corrected chi connectivity index (χ1v) is 13.0. The maximum Gasteiger partial charge on any atom is 0.261 e. The highest BCUT2D eigenvalue weighted by atomic mass is 16.5. The van der Waals surface area contributed by atoms with Crippen LogP contribution in [0.3, 0.4) is 0 Å². The molecule has 0 aliphatic carbocycles. The van der Waals surface area contributed by atoms with E-state index < -0.39 is 11.6 Å². The van der Waals surface area contributed by atoms with Crippen LogP contribution in [-0.2, 0) is 22.6 Å². The molecule has 3 rings (SSSR count). The van der Waals surface area contributed by atoms with E-state index in [-0.39, 0.29) is 24.3 Å². The van der Waals surface area contributed by atoms with Crippen molar-refractivity contribution in [3.8, 4) is 5.75 Å². The highest BCUT2D eigenvalue weighted by molar-refractivity contribution is 5.89. The molecule has 0 spiro atoms. The van der Waals surface area contributed by atoms with Gasteiger partial charge in [0, 0.05) is 18.5 Å². The lowest BCUT2D eigenvalue weighted by molar-refractivity contribution is -0.143.